The third kappa shape index (κ3) is 4.34. The maximum Gasteiger partial charge on any atom is 0.279 e. The van der Waals surface area contributed by atoms with Gasteiger partial charge >= 0.3 is 0 Å². The molecule has 4 rings (SSSR count). The highest BCUT2D eigenvalue weighted by Gasteiger charge is 2.39. The summed E-state index contributed by atoms with van der Waals surface area (Å²) in [6.07, 6.45) is 3.84. The van der Waals surface area contributed by atoms with Gasteiger partial charge in [-0.1, -0.05) is 6.07 Å². The van der Waals surface area contributed by atoms with E-state index in [1.807, 2.05) is 35.5 Å². The standard InChI is InChI=1S/C23H30BrN5O4/c1-3-19-27(4-2)22(33)20-21(28(19)10-11-30)26-23(25-16-6-5-7-18(16)32)29(20)13-14-8-9-17(31)15(24)12-14/h3,8-9,12,16,18,30-32H,4-7,10-11,13H2,1-2H3,(H,25,26)/b19-3-/t16-,18-/m1/s1. The van der Waals surface area contributed by atoms with Crippen LogP contribution in [0.3, 0.4) is 0 Å². The predicted octanol–water partition coefficient (Wildman–Crippen LogP) is 2.86. The Morgan fingerprint density at radius 3 is 2.70 bits per heavy atom. The van der Waals surface area contributed by atoms with Crippen LogP contribution in [0.4, 0.5) is 11.8 Å². The van der Waals surface area contributed by atoms with Crippen molar-refractivity contribution in [3.63, 3.8) is 0 Å². The minimum atomic E-state index is -0.475. The number of halogens is 1. The lowest BCUT2D eigenvalue weighted by atomic mass is 10.2. The first-order valence-electron chi connectivity index (χ1n) is 11.3. The quantitative estimate of drug-likeness (QED) is 0.444. The van der Waals surface area contributed by atoms with E-state index in [-0.39, 0.29) is 24.3 Å². The highest BCUT2D eigenvalue weighted by Crippen LogP contribution is 2.36. The number of aromatic nitrogens is 2. The van der Waals surface area contributed by atoms with Crippen LogP contribution < -0.4 is 10.2 Å². The molecule has 2 heterocycles. The Bertz CT molecular complexity index is 1070. The molecule has 33 heavy (non-hydrogen) atoms. The van der Waals surface area contributed by atoms with Gasteiger partial charge in [0.25, 0.3) is 5.91 Å². The number of hydrogen-bond donors (Lipinski definition) is 4. The van der Waals surface area contributed by atoms with Gasteiger partial charge in [0.2, 0.25) is 5.95 Å². The number of hydrogen-bond acceptors (Lipinski definition) is 7. The molecule has 1 fully saturated rings. The Kier molecular flexibility index (Phi) is 6.96. The van der Waals surface area contributed by atoms with Gasteiger partial charge in [0.05, 0.1) is 29.8 Å². The van der Waals surface area contributed by atoms with E-state index in [2.05, 4.69) is 21.2 Å². The molecule has 0 bridgehead atoms. The minimum Gasteiger partial charge on any atom is -0.507 e. The van der Waals surface area contributed by atoms with Gasteiger partial charge in [0, 0.05) is 13.1 Å². The normalized spacial score (nSPS) is 21.7. The number of aliphatic hydroxyl groups excluding tert-OH is 2. The van der Waals surface area contributed by atoms with Crippen molar-refractivity contribution < 1.29 is 20.1 Å². The lowest BCUT2D eigenvalue weighted by molar-refractivity contribution is 0.0786. The van der Waals surface area contributed by atoms with Gasteiger partial charge in [0.15, 0.2) is 11.5 Å². The molecule has 1 saturated carbocycles. The summed E-state index contributed by atoms with van der Waals surface area (Å²) in [5, 5.41) is 33.4. The van der Waals surface area contributed by atoms with E-state index >= 15 is 0 Å². The van der Waals surface area contributed by atoms with E-state index in [4.69, 9.17) is 4.98 Å². The first kappa shape index (κ1) is 23.6. The molecule has 1 aliphatic heterocycles. The molecular weight excluding hydrogens is 490 g/mol. The number of allylic oxidation sites excluding steroid dienone is 1. The number of phenolic OH excluding ortho intramolecular Hbond substituents is 1. The zero-order valence-electron chi connectivity index (χ0n) is 18.8. The molecule has 1 amide bonds. The number of carbonyl (C=O) groups is 1. The number of carbonyl (C=O) groups excluding carboxylic acids is 1. The van der Waals surface area contributed by atoms with E-state index in [0.717, 1.165) is 24.8 Å². The largest absolute Gasteiger partial charge is 0.507 e. The van der Waals surface area contributed by atoms with Crippen molar-refractivity contribution in [2.75, 3.05) is 29.9 Å². The Balaban J connectivity index is 1.85. The average molecular weight is 520 g/mol. The van der Waals surface area contributed by atoms with Gasteiger partial charge in [0.1, 0.15) is 11.6 Å². The summed E-state index contributed by atoms with van der Waals surface area (Å²) in [4.78, 5) is 22.0. The highest BCUT2D eigenvalue weighted by molar-refractivity contribution is 9.10. The lowest BCUT2D eigenvalue weighted by Gasteiger charge is -2.37. The fourth-order valence-corrected chi connectivity index (χ4v) is 5.06. The van der Waals surface area contributed by atoms with Crippen LogP contribution in [0, 0.1) is 0 Å². The maximum absolute atomic E-state index is 13.6. The molecular formula is C23H30BrN5O4. The van der Waals surface area contributed by atoms with E-state index in [1.54, 1.807) is 17.0 Å². The number of benzene rings is 1. The molecule has 2 atom stereocenters. The summed E-state index contributed by atoms with van der Waals surface area (Å²) in [7, 11) is 0. The molecule has 9 nitrogen and oxygen atoms in total. The summed E-state index contributed by atoms with van der Waals surface area (Å²) in [6.45, 7) is 4.79. The zero-order valence-corrected chi connectivity index (χ0v) is 20.4. The number of phenols is 1. The van der Waals surface area contributed by atoms with E-state index in [9.17, 15) is 20.1 Å². The Morgan fingerprint density at radius 2 is 2.09 bits per heavy atom. The second-order valence-electron chi connectivity index (χ2n) is 8.30. The van der Waals surface area contributed by atoms with Crippen LogP contribution in [0.5, 0.6) is 5.75 Å². The third-order valence-electron chi connectivity index (χ3n) is 6.25. The highest BCUT2D eigenvalue weighted by atomic mass is 79.9. The number of β-amino-alcohol motifs (C(OH)–C–C–N with tert-alkyl or cyclic N) is 1. The van der Waals surface area contributed by atoms with Gasteiger partial charge in [-0.05, 0) is 72.8 Å². The molecule has 2 aromatic rings. The number of aromatic hydroxyl groups is 1. The molecule has 4 N–H and O–H groups in total. The molecule has 0 radical (unpaired) electrons. The summed E-state index contributed by atoms with van der Waals surface area (Å²) in [6, 6.07) is 5.06. The Hall–Kier alpha value is -2.56. The Labute approximate surface area is 201 Å². The summed E-state index contributed by atoms with van der Waals surface area (Å²) < 4.78 is 2.40. The fourth-order valence-electron chi connectivity index (χ4n) is 4.63. The maximum atomic E-state index is 13.6. The zero-order chi connectivity index (χ0) is 23.7. The van der Waals surface area contributed by atoms with Crippen LogP contribution in [0.2, 0.25) is 0 Å². The average Bonchev–Trinajstić information content (AvgIpc) is 3.36. The van der Waals surface area contributed by atoms with Gasteiger partial charge in [-0.3, -0.25) is 14.3 Å². The smallest absolute Gasteiger partial charge is 0.279 e. The number of amides is 1. The first-order valence-corrected chi connectivity index (χ1v) is 12.1. The summed E-state index contributed by atoms with van der Waals surface area (Å²) in [5.41, 5.74) is 1.30. The van der Waals surface area contributed by atoms with Crippen molar-refractivity contribution in [2.24, 2.45) is 0 Å². The number of fused-ring (bicyclic) bond motifs is 1. The Morgan fingerprint density at radius 1 is 1.30 bits per heavy atom. The molecule has 0 saturated heterocycles. The molecule has 1 aliphatic carbocycles. The molecule has 0 unspecified atom stereocenters. The molecule has 1 aromatic heterocycles. The second kappa shape index (κ2) is 9.74. The van der Waals surface area contributed by atoms with Gasteiger partial charge < -0.3 is 25.5 Å². The van der Waals surface area contributed by atoms with Crippen LogP contribution in [0.1, 0.15) is 49.2 Å². The summed E-state index contributed by atoms with van der Waals surface area (Å²) in [5.74, 6) is 1.65. The topological polar surface area (TPSA) is 114 Å². The molecule has 178 valence electrons. The lowest BCUT2D eigenvalue weighted by Crippen LogP contribution is -2.46. The van der Waals surface area contributed by atoms with Crippen molar-refractivity contribution in [3.8, 4) is 5.75 Å². The van der Waals surface area contributed by atoms with E-state index in [1.165, 1.54) is 0 Å². The molecule has 1 aromatic carbocycles. The van der Waals surface area contributed by atoms with Crippen molar-refractivity contribution in [3.05, 3.63) is 45.8 Å². The van der Waals surface area contributed by atoms with E-state index in [0.29, 0.717) is 47.4 Å². The number of rotatable bonds is 7. The monoisotopic (exact) mass is 519 g/mol. The first-order chi connectivity index (χ1) is 15.9. The SMILES string of the molecule is C/C=C1/N(CC)C(=O)c2c(nc(N[C@@H]3CCC[C@H]3O)n2Cc2ccc(O)c(Br)c2)N1CCO. The van der Waals surface area contributed by atoms with Crippen LogP contribution >= 0.6 is 15.9 Å². The third-order valence-corrected chi connectivity index (χ3v) is 6.89. The van der Waals surface area contributed by atoms with E-state index < -0.39 is 6.10 Å². The number of anilines is 2. The molecule has 0 spiro atoms. The van der Waals surface area contributed by atoms with Crippen molar-refractivity contribution in [1.29, 1.82) is 0 Å². The van der Waals surface area contributed by atoms with Crippen molar-refractivity contribution >= 4 is 33.6 Å². The predicted molar refractivity (Wildman–Crippen MR) is 129 cm³/mol. The van der Waals surface area contributed by atoms with Crippen LogP contribution in [0.25, 0.3) is 0 Å². The van der Waals surface area contributed by atoms with Crippen molar-refractivity contribution in [1.82, 2.24) is 14.5 Å². The second-order valence-corrected chi connectivity index (χ2v) is 9.15. The van der Waals surface area contributed by atoms with Crippen LogP contribution in [-0.4, -0.2) is 67.5 Å². The van der Waals surface area contributed by atoms with Crippen LogP contribution in [0.15, 0.2) is 34.6 Å². The van der Waals surface area contributed by atoms with Gasteiger partial charge in [-0.2, -0.15) is 4.98 Å². The number of imidazole rings is 1. The van der Waals surface area contributed by atoms with Gasteiger partial charge in [-0.15, -0.1) is 0 Å². The minimum absolute atomic E-state index is 0.0929. The van der Waals surface area contributed by atoms with Gasteiger partial charge in [-0.25, -0.2) is 0 Å². The van der Waals surface area contributed by atoms with Crippen molar-refractivity contribution in [2.45, 2.75) is 51.8 Å². The number of aliphatic hydroxyl groups is 2. The number of nitrogens with one attached hydrogen (secondary N) is 1. The molecule has 10 heteroatoms. The van der Waals surface area contributed by atoms with Crippen LogP contribution in [-0.2, 0) is 6.54 Å². The fraction of sp³-hybridized carbons (Fsp3) is 0.478. The summed E-state index contributed by atoms with van der Waals surface area (Å²) >= 11 is 3.36. The number of nitrogens with zero attached hydrogens (tertiary/aromatic N) is 4. The molecule has 2 aliphatic rings.